The summed E-state index contributed by atoms with van der Waals surface area (Å²) in [6.07, 6.45) is 4.91. The molecule has 0 aliphatic carbocycles. The van der Waals surface area contributed by atoms with Crippen LogP contribution in [0.15, 0.2) is 22.8 Å². The van der Waals surface area contributed by atoms with Crippen LogP contribution in [0, 0.1) is 13.8 Å². The van der Waals surface area contributed by atoms with Crippen LogP contribution >= 0.6 is 0 Å². The van der Waals surface area contributed by atoms with Crippen molar-refractivity contribution in [2.75, 3.05) is 6.54 Å². The van der Waals surface area contributed by atoms with Gasteiger partial charge < -0.3 is 9.32 Å². The van der Waals surface area contributed by atoms with Gasteiger partial charge in [-0.25, -0.2) is 0 Å². The van der Waals surface area contributed by atoms with Crippen LogP contribution in [-0.2, 0) is 18.3 Å². The Morgan fingerprint density at radius 2 is 2.27 bits per heavy atom. The quantitative estimate of drug-likeness (QED) is 0.872. The zero-order valence-corrected chi connectivity index (χ0v) is 13.5. The molecule has 118 valence electrons. The van der Waals surface area contributed by atoms with Crippen LogP contribution in [0.4, 0.5) is 0 Å². The summed E-state index contributed by atoms with van der Waals surface area (Å²) in [5, 5.41) is 4.50. The third kappa shape index (κ3) is 2.67. The Labute approximate surface area is 130 Å². The summed E-state index contributed by atoms with van der Waals surface area (Å²) in [6.45, 7) is 4.96. The van der Waals surface area contributed by atoms with Crippen molar-refractivity contribution in [1.29, 1.82) is 0 Å². The van der Waals surface area contributed by atoms with Gasteiger partial charge in [0.05, 0.1) is 18.0 Å². The molecule has 5 heteroatoms. The Morgan fingerprint density at radius 1 is 1.45 bits per heavy atom. The lowest BCUT2D eigenvalue weighted by Crippen LogP contribution is -2.31. The second kappa shape index (κ2) is 5.99. The summed E-state index contributed by atoms with van der Waals surface area (Å²) in [4.78, 5) is 14.6. The highest BCUT2D eigenvalue weighted by Gasteiger charge is 2.33. The Bertz CT molecular complexity index is 658. The monoisotopic (exact) mass is 301 g/mol. The first-order valence-corrected chi connectivity index (χ1v) is 7.90. The third-order valence-electron chi connectivity index (χ3n) is 4.64. The standard InChI is InChI=1S/C17H23N3O2/c1-12-17(13(2)19(3)18-12)15-7-4-10-20(15)16(21)9-8-14-6-5-11-22-14/h5-6,11,15H,4,7-10H2,1-3H3/t15-/m1/s1. The molecule has 0 aromatic carbocycles. The van der Waals surface area contributed by atoms with E-state index in [4.69, 9.17) is 4.42 Å². The molecule has 1 aliphatic heterocycles. The third-order valence-corrected chi connectivity index (χ3v) is 4.64. The highest BCUT2D eigenvalue weighted by Crippen LogP contribution is 2.35. The van der Waals surface area contributed by atoms with Gasteiger partial charge in [0, 0.05) is 37.7 Å². The molecule has 1 atom stereocenters. The fourth-order valence-corrected chi connectivity index (χ4v) is 3.47. The van der Waals surface area contributed by atoms with Crippen LogP contribution in [-0.4, -0.2) is 27.1 Å². The number of aryl methyl sites for hydroxylation is 3. The second-order valence-corrected chi connectivity index (χ2v) is 6.03. The second-order valence-electron chi connectivity index (χ2n) is 6.03. The molecule has 1 saturated heterocycles. The zero-order valence-electron chi connectivity index (χ0n) is 13.5. The normalized spacial score (nSPS) is 18.1. The van der Waals surface area contributed by atoms with E-state index in [1.54, 1.807) is 6.26 Å². The molecule has 5 nitrogen and oxygen atoms in total. The van der Waals surface area contributed by atoms with E-state index in [9.17, 15) is 4.79 Å². The average molecular weight is 301 g/mol. The molecule has 1 fully saturated rings. The lowest BCUT2D eigenvalue weighted by atomic mass is 10.0. The molecule has 22 heavy (non-hydrogen) atoms. The van der Waals surface area contributed by atoms with E-state index in [2.05, 4.69) is 12.0 Å². The smallest absolute Gasteiger partial charge is 0.223 e. The molecule has 0 spiro atoms. The van der Waals surface area contributed by atoms with Gasteiger partial charge in [-0.1, -0.05) is 0 Å². The Kier molecular flexibility index (Phi) is 4.05. The summed E-state index contributed by atoms with van der Waals surface area (Å²) in [5.41, 5.74) is 3.43. The molecule has 2 aromatic rings. The van der Waals surface area contributed by atoms with E-state index in [0.717, 1.165) is 36.5 Å². The molecule has 1 amide bonds. The van der Waals surface area contributed by atoms with Gasteiger partial charge in [0.25, 0.3) is 0 Å². The fraction of sp³-hybridized carbons (Fsp3) is 0.529. The number of amides is 1. The minimum absolute atomic E-state index is 0.179. The van der Waals surface area contributed by atoms with Crippen molar-refractivity contribution in [3.8, 4) is 0 Å². The number of likely N-dealkylation sites (tertiary alicyclic amines) is 1. The van der Waals surface area contributed by atoms with Crippen LogP contribution < -0.4 is 0 Å². The summed E-state index contributed by atoms with van der Waals surface area (Å²) < 4.78 is 7.23. The van der Waals surface area contributed by atoms with E-state index >= 15 is 0 Å². The molecule has 0 saturated carbocycles. The number of rotatable bonds is 4. The molecule has 0 radical (unpaired) electrons. The summed E-state index contributed by atoms with van der Waals surface area (Å²) >= 11 is 0. The number of carbonyl (C=O) groups excluding carboxylic acids is 1. The van der Waals surface area contributed by atoms with Gasteiger partial charge in [0.1, 0.15) is 5.76 Å². The molecule has 3 heterocycles. The van der Waals surface area contributed by atoms with Crippen LogP contribution in [0.3, 0.4) is 0 Å². The minimum atomic E-state index is 0.179. The number of nitrogens with zero attached hydrogens (tertiary/aromatic N) is 3. The van der Waals surface area contributed by atoms with Gasteiger partial charge in [0.2, 0.25) is 5.91 Å². The van der Waals surface area contributed by atoms with E-state index in [0.29, 0.717) is 12.8 Å². The van der Waals surface area contributed by atoms with Crippen molar-refractivity contribution >= 4 is 5.91 Å². The topological polar surface area (TPSA) is 51.3 Å². The molecule has 2 aromatic heterocycles. The first-order chi connectivity index (χ1) is 10.6. The number of hydrogen-bond acceptors (Lipinski definition) is 3. The molecule has 3 rings (SSSR count). The van der Waals surface area contributed by atoms with Crippen molar-refractivity contribution < 1.29 is 9.21 Å². The van der Waals surface area contributed by atoms with Gasteiger partial charge in [-0.2, -0.15) is 5.10 Å². The van der Waals surface area contributed by atoms with E-state index in [1.165, 1.54) is 5.56 Å². The van der Waals surface area contributed by atoms with Crippen molar-refractivity contribution in [2.24, 2.45) is 7.05 Å². The molecule has 0 N–H and O–H groups in total. The highest BCUT2D eigenvalue weighted by molar-refractivity contribution is 5.77. The van der Waals surface area contributed by atoms with Gasteiger partial charge in [-0.05, 0) is 38.8 Å². The fourth-order valence-electron chi connectivity index (χ4n) is 3.47. The number of hydrogen-bond donors (Lipinski definition) is 0. The lowest BCUT2D eigenvalue weighted by Gasteiger charge is -2.25. The Hall–Kier alpha value is -2.04. The summed E-state index contributed by atoms with van der Waals surface area (Å²) in [7, 11) is 1.96. The van der Waals surface area contributed by atoms with Crippen LogP contribution in [0.5, 0.6) is 0 Å². The predicted octanol–water partition coefficient (Wildman–Crippen LogP) is 2.93. The minimum Gasteiger partial charge on any atom is -0.469 e. The van der Waals surface area contributed by atoms with Crippen molar-refractivity contribution in [3.63, 3.8) is 0 Å². The van der Waals surface area contributed by atoms with Crippen LogP contribution in [0.25, 0.3) is 0 Å². The van der Waals surface area contributed by atoms with Crippen molar-refractivity contribution in [1.82, 2.24) is 14.7 Å². The van der Waals surface area contributed by atoms with Crippen LogP contribution in [0.1, 0.15) is 48.0 Å². The molecular formula is C17H23N3O2. The first kappa shape index (κ1) is 14.9. The number of aromatic nitrogens is 2. The lowest BCUT2D eigenvalue weighted by molar-refractivity contribution is -0.132. The average Bonchev–Trinajstić information content (AvgIpc) is 3.19. The maximum Gasteiger partial charge on any atom is 0.223 e. The maximum absolute atomic E-state index is 12.6. The predicted molar refractivity (Wildman–Crippen MR) is 83.4 cm³/mol. The molecule has 0 unspecified atom stereocenters. The Balaban J connectivity index is 1.73. The van der Waals surface area contributed by atoms with Gasteiger partial charge >= 0.3 is 0 Å². The Morgan fingerprint density at radius 3 is 2.91 bits per heavy atom. The van der Waals surface area contributed by atoms with Crippen molar-refractivity contribution in [2.45, 2.75) is 45.6 Å². The van der Waals surface area contributed by atoms with Crippen molar-refractivity contribution in [3.05, 3.63) is 41.1 Å². The zero-order chi connectivity index (χ0) is 15.7. The largest absolute Gasteiger partial charge is 0.469 e. The maximum atomic E-state index is 12.6. The molecule has 1 aliphatic rings. The van der Waals surface area contributed by atoms with Gasteiger partial charge in [0.15, 0.2) is 0 Å². The molecule has 0 bridgehead atoms. The molecular weight excluding hydrogens is 278 g/mol. The van der Waals surface area contributed by atoms with Gasteiger partial charge in [-0.3, -0.25) is 9.48 Å². The first-order valence-electron chi connectivity index (χ1n) is 7.90. The van der Waals surface area contributed by atoms with Gasteiger partial charge in [-0.15, -0.1) is 0 Å². The van der Waals surface area contributed by atoms with Crippen LogP contribution in [0.2, 0.25) is 0 Å². The van der Waals surface area contributed by atoms with E-state index in [-0.39, 0.29) is 11.9 Å². The van der Waals surface area contributed by atoms with E-state index < -0.39 is 0 Å². The summed E-state index contributed by atoms with van der Waals surface area (Å²) in [6, 6.07) is 3.96. The van der Waals surface area contributed by atoms with E-state index in [1.807, 2.05) is 35.7 Å². The summed E-state index contributed by atoms with van der Waals surface area (Å²) in [5.74, 6) is 1.08. The highest BCUT2D eigenvalue weighted by atomic mass is 16.3. The number of carbonyl (C=O) groups is 1. The SMILES string of the molecule is Cc1nn(C)c(C)c1[C@H]1CCCN1C(=O)CCc1ccco1. The number of furan rings is 1.